The molecule has 3 heteroatoms. The van der Waals surface area contributed by atoms with Gasteiger partial charge in [0.2, 0.25) is 0 Å². The molecule has 0 fully saturated rings. The third kappa shape index (κ3) is 2.01. The van der Waals surface area contributed by atoms with E-state index in [1.54, 1.807) is 12.4 Å². The average Bonchev–Trinajstić information content (AvgIpc) is 2.30. The number of aryl methyl sites for hydroxylation is 2. The smallest absolute Gasteiger partial charge is 0.0748 e. The molecule has 0 saturated carbocycles. The van der Waals surface area contributed by atoms with Gasteiger partial charge in [0.15, 0.2) is 0 Å². The molecule has 3 nitrogen and oxygen atoms in total. The molecule has 0 unspecified atom stereocenters. The maximum atomic E-state index is 4.45. The van der Waals surface area contributed by atoms with E-state index in [0.29, 0.717) is 0 Å². The SMILES string of the molecule is CCc1cnc(-c2ccnnc2)c(C)c1. The van der Waals surface area contributed by atoms with Crippen molar-refractivity contribution in [2.24, 2.45) is 0 Å². The summed E-state index contributed by atoms with van der Waals surface area (Å²) in [6.07, 6.45) is 6.36. The Labute approximate surface area is 89.2 Å². The first-order valence-electron chi connectivity index (χ1n) is 5.04. The number of pyridine rings is 1. The Hall–Kier alpha value is -1.77. The van der Waals surface area contributed by atoms with E-state index < -0.39 is 0 Å². The van der Waals surface area contributed by atoms with Crippen molar-refractivity contribution in [1.29, 1.82) is 0 Å². The van der Waals surface area contributed by atoms with Crippen LogP contribution in [0.15, 0.2) is 30.7 Å². The second-order valence-electron chi connectivity index (χ2n) is 3.49. The molecule has 0 aromatic carbocycles. The first-order valence-corrected chi connectivity index (χ1v) is 5.04. The van der Waals surface area contributed by atoms with Crippen molar-refractivity contribution >= 4 is 0 Å². The number of aromatic nitrogens is 3. The summed E-state index contributed by atoms with van der Waals surface area (Å²) in [5.74, 6) is 0. The summed E-state index contributed by atoms with van der Waals surface area (Å²) in [4.78, 5) is 4.45. The van der Waals surface area contributed by atoms with Crippen molar-refractivity contribution in [3.63, 3.8) is 0 Å². The van der Waals surface area contributed by atoms with Gasteiger partial charge in [0.05, 0.1) is 18.1 Å². The van der Waals surface area contributed by atoms with Crippen LogP contribution in [0.25, 0.3) is 11.3 Å². The fourth-order valence-electron chi connectivity index (χ4n) is 1.56. The molecule has 76 valence electrons. The lowest BCUT2D eigenvalue weighted by molar-refractivity contribution is 1.03. The van der Waals surface area contributed by atoms with Gasteiger partial charge in [-0.25, -0.2) is 0 Å². The molecule has 0 radical (unpaired) electrons. The third-order valence-corrected chi connectivity index (χ3v) is 2.40. The number of nitrogens with zero attached hydrogens (tertiary/aromatic N) is 3. The molecule has 0 saturated heterocycles. The van der Waals surface area contributed by atoms with Gasteiger partial charge in [0.1, 0.15) is 0 Å². The second-order valence-corrected chi connectivity index (χ2v) is 3.49. The standard InChI is InChI=1S/C12H13N3/c1-3-10-6-9(2)12(13-7-10)11-4-5-14-15-8-11/h4-8H,3H2,1-2H3. The van der Waals surface area contributed by atoms with Crippen LogP contribution in [0, 0.1) is 6.92 Å². The van der Waals surface area contributed by atoms with E-state index in [4.69, 9.17) is 0 Å². The molecule has 0 bridgehead atoms. The lowest BCUT2D eigenvalue weighted by Crippen LogP contribution is -1.92. The molecule has 0 atom stereocenters. The van der Waals surface area contributed by atoms with Crippen LogP contribution in [-0.4, -0.2) is 15.2 Å². The molecule has 0 aliphatic rings. The van der Waals surface area contributed by atoms with E-state index >= 15 is 0 Å². The molecule has 15 heavy (non-hydrogen) atoms. The van der Waals surface area contributed by atoms with E-state index in [2.05, 4.69) is 35.1 Å². The van der Waals surface area contributed by atoms with Crippen molar-refractivity contribution in [1.82, 2.24) is 15.2 Å². The van der Waals surface area contributed by atoms with E-state index in [0.717, 1.165) is 17.7 Å². The minimum Gasteiger partial charge on any atom is -0.256 e. The van der Waals surface area contributed by atoms with Crippen LogP contribution in [0.3, 0.4) is 0 Å². The summed E-state index contributed by atoms with van der Waals surface area (Å²) >= 11 is 0. The van der Waals surface area contributed by atoms with Crippen molar-refractivity contribution in [2.75, 3.05) is 0 Å². The molecule has 2 heterocycles. The zero-order valence-electron chi connectivity index (χ0n) is 8.94. The van der Waals surface area contributed by atoms with Crippen LogP contribution < -0.4 is 0 Å². The second kappa shape index (κ2) is 4.17. The van der Waals surface area contributed by atoms with Crippen LogP contribution in [0.1, 0.15) is 18.1 Å². The number of hydrogen-bond acceptors (Lipinski definition) is 3. The Bertz CT molecular complexity index is 452. The largest absolute Gasteiger partial charge is 0.256 e. The van der Waals surface area contributed by atoms with Gasteiger partial charge < -0.3 is 0 Å². The van der Waals surface area contributed by atoms with Crippen LogP contribution in [-0.2, 0) is 6.42 Å². The van der Waals surface area contributed by atoms with Crippen LogP contribution in [0.5, 0.6) is 0 Å². The first kappa shape index (κ1) is 9.77. The highest BCUT2D eigenvalue weighted by Crippen LogP contribution is 2.19. The monoisotopic (exact) mass is 199 g/mol. The molecule has 0 aliphatic carbocycles. The summed E-state index contributed by atoms with van der Waals surface area (Å²) in [6.45, 7) is 4.20. The highest BCUT2D eigenvalue weighted by molar-refractivity contribution is 5.61. The zero-order valence-corrected chi connectivity index (χ0v) is 8.94. The van der Waals surface area contributed by atoms with Crippen molar-refractivity contribution in [3.8, 4) is 11.3 Å². The van der Waals surface area contributed by atoms with Crippen LogP contribution in [0.4, 0.5) is 0 Å². The predicted octanol–water partition coefficient (Wildman–Crippen LogP) is 2.41. The Morgan fingerprint density at radius 3 is 2.67 bits per heavy atom. The quantitative estimate of drug-likeness (QED) is 0.745. The molecule has 0 amide bonds. The fourth-order valence-corrected chi connectivity index (χ4v) is 1.56. The zero-order chi connectivity index (χ0) is 10.7. The van der Waals surface area contributed by atoms with Gasteiger partial charge >= 0.3 is 0 Å². The maximum Gasteiger partial charge on any atom is 0.0748 e. The van der Waals surface area contributed by atoms with Gasteiger partial charge in [-0.15, -0.1) is 0 Å². The molecule has 0 spiro atoms. The Morgan fingerprint density at radius 2 is 2.07 bits per heavy atom. The van der Waals surface area contributed by atoms with Crippen molar-refractivity contribution < 1.29 is 0 Å². The average molecular weight is 199 g/mol. The highest BCUT2D eigenvalue weighted by Gasteiger charge is 2.03. The van der Waals surface area contributed by atoms with Crippen molar-refractivity contribution in [3.05, 3.63) is 41.9 Å². The lowest BCUT2D eigenvalue weighted by Gasteiger charge is -2.05. The summed E-state index contributed by atoms with van der Waals surface area (Å²) in [5.41, 5.74) is 4.45. The molecular weight excluding hydrogens is 186 g/mol. The molecular formula is C12H13N3. The highest BCUT2D eigenvalue weighted by atomic mass is 15.1. The van der Waals surface area contributed by atoms with Crippen molar-refractivity contribution in [2.45, 2.75) is 20.3 Å². The molecule has 0 aliphatic heterocycles. The topological polar surface area (TPSA) is 38.7 Å². The minimum atomic E-state index is 0.988. The Morgan fingerprint density at radius 1 is 1.20 bits per heavy atom. The van der Waals surface area contributed by atoms with E-state index in [1.165, 1.54) is 11.1 Å². The van der Waals surface area contributed by atoms with Crippen LogP contribution in [0.2, 0.25) is 0 Å². The fraction of sp³-hybridized carbons (Fsp3) is 0.250. The summed E-state index contributed by atoms with van der Waals surface area (Å²) < 4.78 is 0. The first-order chi connectivity index (χ1) is 7.31. The lowest BCUT2D eigenvalue weighted by atomic mass is 10.1. The van der Waals surface area contributed by atoms with Gasteiger partial charge in [-0.05, 0) is 30.5 Å². The molecule has 2 aromatic rings. The number of hydrogen-bond donors (Lipinski definition) is 0. The van der Waals surface area contributed by atoms with Gasteiger partial charge in [0, 0.05) is 11.8 Å². The minimum absolute atomic E-state index is 0.988. The van der Waals surface area contributed by atoms with Gasteiger partial charge in [-0.3, -0.25) is 4.98 Å². The predicted molar refractivity (Wildman–Crippen MR) is 59.4 cm³/mol. The number of rotatable bonds is 2. The maximum absolute atomic E-state index is 4.45. The van der Waals surface area contributed by atoms with E-state index in [1.807, 2.05) is 12.3 Å². The molecule has 2 aromatic heterocycles. The summed E-state index contributed by atoms with van der Waals surface area (Å²) in [6, 6.07) is 4.09. The van der Waals surface area contributed by atoms with Crippen LogP contribution >= 0.6 is 0 Å². The van der Waals surface area contributed by atoms with Gasteiger partial charge in [-0.1, -0.05) is 13.0 Å². The van der Waals surface area contributed by atoms with Gasteiger partial charge in [0.25, 0.3) is 0 Å². The Kier molecular flexibility index (Phi) is 2.72. The third-order valence-electron chi connectivity index (χ3n) is 2.40. The Balaban J connectivity index is 2.46. The normalized spacial score (nSPS) is 10.3. The van der Waals surface area contributed by atoms with E-state index in [9.17, 15) is 0 Å². The molecule has 0 N–H and O–H groups in total. The molecule has 2 rings (SSSR count). The van der Waals surface area contributed by atoms with E-state index in [-0.39, 0.29) is 0 Å². The van der Waals surface area contributed by atoms with Gasteiger partial charge in [-0.2, -0.15) is 10.2 Å². The summed E-state index contributed by atoms with van der Waals surface area (Å²) in [5, 5.41) is 7.61. The summed E-state index contributed by atoms with van der Waals surface area (Å²) in [7, 11) is 0.